The quantitative estimate of drug-likeness (QED) is 0.754. The number of benzene rings is 2. The molecule has 126 valence electrons. The zero-order chi connectivity index (χ0) is 17.1. The number of nitrogens with zero attached hydrogens (tertiary/aromatic N) is 2. The van der Waals surface area contributed by atoms with Crippen LogP contribution >= 0.6 is 0 Å². The van der Waals surface area contributed by atoms with Crippen LogP contribution in [0, 0.1) is 11.8 Å². The molecular formula is C21H20N2O2. The van der Waals surface area contributed by atoms with Gasteiger partial charge in [0.05, 0.1) is 11.8 Å². The van der Waals surface area contributed by atoms with Crippen molar-refractivity contribution in [2.75, 3.05) is 13.6 Å². The lowest BCUT2D eigenvalue weighted by molar-refractivity contribution is -0.140. The molecule has 0 saturated carbocycles. The van der Waals surface area contributed by atoms with Crippen LogP contribution in [0.3, 0.4) is 0 Å². The predicted octanol–water partition coefficient (Wildman–Crippen LogP) is 2.57. The minimum Gasteiger partial charge on any atom is -0.287 e. The topological polar surface area (TPSA) is 40.6 Å². The molecule has 3 heterocycles. The normalized spacial score (nSPS) is 31.0. The summed E-state index contributed by atoms with van der Waals surface area (Å²) in [4.78, 5) is 29.6. The molecule has 2 saturated heterocycles. The van der Waals surface area contributed by atoms with Gasteiger partial charge in [-0.3, -0.25) is 19.4 Å². The first-order valence-electron chi connectivity index (χ1n) is 8.88. The summed E-state index contributed by atoms with van der Waals surface area (Å²) in [6.07, 6.45) is 0.966. The molecule has 2 fully saturated rings. The monoisotopic (exact) mass is 332 g/mol. The van der Waals surface area contributed by atoms with Crippen LogP contribution in [-0.4, -0.2) is 35.2 Å². The summed E-state index contributed by atoms with van der Waals surface area (Å²) < 4.78 is 0. The first kappa shape index (κ1) is 14.8. The Bertz CT molecular complexity index is 863. The van der Waals surface area contributed by atoms with E-state index in [2.05, 4.69) is 35.2 Å². The molecule has 2 aromatic carbocycles. The number of likely N-dealkylation sites (tertiary alicyclic amines) is 1. The molecule has 2 aromatic rings. The van der Waals surface area contributed by atoms with Crippen molar-refractivity contribution in [3.63, 3.8) is 0 Å². The number of fused-ring (bicyclic) bond motifs is 5. The second-order valence-electron chi connectivity index (χ2n) is 7.27. The maximum absolute atomic E-state index is 12.9. The van der Waals surface area contributed by atoms with Gasteiger partial charge in [-0.2, -0.15) is 0 Å². The van der Waals surface area contributed by atoms with Crippen molar-refractivity contribution in [1.82, 2.24) is 9.80 Å². The molecule has 0 bridgehead atoms. The molecule has 0 aromatic heterocycles. The Morgan fingerprint density at radius 1 is 0.840 bits per heavy atom. The number of hydrogen-bond donors (Lipinski definition) is 0. The summed E-state index contributed by atoms with van der Waals surface area (Å²) in [7, 11) is 1.63. The highest BCUT2D eigenvalue weighted by atomic mass is 16.2. The third kappa shape index (κ3) is 1.91. The van der Waals surface area contributed by atoms with Crippen molar-refractivity contribution in [2.24, 2.45) is 11.8 Å². The Balaban J connectivity index is 1.70. The van der Waals surface area contributed by atoms with Gasteiger partial charge in [0.2, 0.25) is 11.8 Å². The maximum Gasteiger partial charge on any atom is 0.234 e. The lowest BCUT2D eigenvalue weighted by atomic mass is 9.83. The Morgan fingerprint density at radius 2 is 1.48 bits per heavy atom. The molecule has 0 spiro atoms. The third-order valence-corrected chi connectivity index (χ3v) is 6.17. The van der Waals surface area contributed by atoms with Crippen molar-refractivity contribution in [3.05, 3.63) is 71.3 Å². The number of hydrogen-bond acceptors (Lipinski definition) is 3. The molecule has 25 heavy (non-hydrogen) atoms. The Morgan fingerprint density at radius 3 is 2.24 bits per heavy atom. The van der Waals surface area contributed by atoms with Crippen molar-refractivity contribution >= 4 is 11.8 Å². The van der Waals surface area contributed by atoms with E-state index in [0.29, 0.717) is 0 Å². The zero-order valence-corrected chi connectivity index (χ0v) is 14.1. The average molecular weight is 332 g/mol. The van der Waals surface area contributed by atoms with Crippen molar-refractivity contribution in [1.29, 1.82) is 0 Å². The van der Waals surface area contributed by atoms with E-state index >= 15 is 0 Å². The lowest BCUT2D eigenvalue weighted by Crippen LogP contribution is -2.39. The van der Waals surface area contributed by atoms with E-state index in [1.54, 1.807) is 7.05 Å². The van der Waals surface area contributed by atoms with E-state index in [9.17, 15) is 9.59 Å². The summed E-state index contributed by atoms with van der Waals surface area (Å²) in [5.41, 5.74) is 3.67. The summed E-state index contributed by atoms with van der Waals surface area (Å²) in [6, 6.07) is 18.6. The third-order valence-electron chi connectivity index (χ3n) is 6.17. The van der Waals surface area contributed by atoms with Gasteiger partial charge in [-0.25, -0.2) is 0 Å². The molecule has 0 aliphatic carbocycles. The molecule has 0 radical (unpaired) electrons. The van der Waals surface area contributed by atoms with Gasteiger partial charge in [0.25, 0.3) is 0 Å². The van der Waals surface area contributed by atoms with Crippen LogP contribution in [0.25, 0.3) is 0 Å². The van der Waals surface area contributed by atoms with Crippen LogP contribution in [0.5, 0.6) is 0 Å². The van der Waals surface area contributed by atoms with Crippen LogP contribution in [0.4, 0.5) is 0 Å². The fourth-order valence-corrected chi connectivity index (χ4v) is 5.11. The molecule has 3 aliphatic heterocycles. The van der Waals surface area contributed by atoms with E-state index in [-0.39, 0.29) is 35.7 Å². The number of carbonyl (C=O) groups is 2. The Labute approximate surface area is 147 Å². The average Bonchev–Trinajstić information content (AvgIpc) is 3.11. The van der Waals surface area contributed by atoms with Gasteiger partial charge < -0.3 is 0 Å². The van der Waals surface area contributed by atoms with Crippen LogP contribution in [-0.2, 0) is 16.0 Å². The largest absolute Gasteiger partial charge is 0.287 e. The predicted molar refractivity (Wildman–Crippen MR) is 93.5 cm³/mol. The highest BCUT2D eigenvalue weighted by Crippen LogP contribution is 2.57. The molecule has 5 rings (SSSR count). The first-order chi connectivity index (χ1) is 12.2. The number of rotatable bonds is 1. The second kappa shape index (κ2) is 5.27. The van der Waals surface area contributed by atoms with Gasteiger partial charge in [-0.05, 0) is 23.1 Å². The molecule has 3 aliphatic rings. The molecule has 4 heteroatoms. The molecule has 2 amide bonds. The van der Waals surface area contributed by atoms with E-state index in [4.69, 9.17) is 0 Å². The molecule has 0 N–H and O–H groups in total. The van der Waals surface area contributed by atoms with Gasteiger partial charge in [-0.1, -0.05) is 54.6 Å². The number of amides is 2. The smallest absolute Gasteiger partial charge is 0.234 e. The van der Waals surface area contributed by atoms with Gasteiger partial charge >= 0.3 is 0 Å². The summed E-state index contributed by atoms with van der Waals surface area (Å²) >= 11 is 0. The standard InChI is InChI=1S/C21H20N2O2/c1-22-20(24)16-17(21(22)25)19-15-10-6-5-7-13(15)11-12-23(19)18(16)14-8-3-2-4-9-14/h2-10,16-19H,11-12H2,1H3/t16-,17+,18+,19-/m0/s1. The van der Waals surface area contributed by atoms with Gasteiger partial charge in [-0.15, -0.1) is 0 Å². The van der Waals surface area contributed by atoms with Crippen LogP contribution in [0.15, 0.2) is 54.6 Å². The van der Waals surface area contributed by atoms with Gasteiger partial charge in [0.15, 0.2) is 0 Å². The number of carbonyl (C=O) groups excluding carboxylic acids is 2. The molecule has 4 nitrogen and oxygen atoms in total. The fraction of sp³-hybridized carbons (Fsp3) is 0.333. The summed E-state index contributed by atoms with van der Waals surface area (Å²) in [5, 5.41) is 0. The Hall–Kier alpha value is -2.46. The highest BCUT2D eigenvalue weighted by Gasteiger charge is 2.62. The van der Waals surface area contributed by atoms with Crippen LogP contribution in [0.1, 0.15) is 28.8 Å². The SMILES string of the molecule is CN1C(=O)[C@@H]2[C@H](C1=O)[C@@H](c1ccccc1)N1CCc3ccccc3[C@@H]21. The first-order valence-corrected chi connectivity index (χ1v) is 8.88. The minimum atomic E-state index is -0.281. The van der Waals surface area contributed by atoms with E-state index in [0.717, 1.165) is 18.5 Å². The Kier molecular flexibility index (Phi) is 3.13. The molecule has 0 unspecified atom stereocenters. The summed E-state index contributed by atoms with van der Waals surface area (Å²) in [6.45, 7) is 0.887. The van der Waals surface area contributed by atoms with Gasteiger partial charge in [0, 0.05) is 25.7 Å². The van der Waals surface area contributed by atoms with Crippen LogP contribution in [0.2, 0.25) is 0 Å². The van der Waals surface area contributed by atoms with Gasteiger partial charge in [0.1, 0.15) is 0 Å². The van der Waals surface area contributed by atoms with E-state index in [1.807, 2.05) is 24.3 Å². The molecule has 4 atom stereocenters. The maximum atomic E-state index is 12.9. The second-order valence-corrected chi connectivity index (χ2v) is 7.27. The highest BCUT2D eigenvalue weighted by molar-refractivity contribution is 6.06. The molecular weight excluding hydrogens is 312 g/mol. The van der Waals surface area contributed by atoms with Crippen molar-refractivity contribution in [2.45, 2.75) is 18.5 Å². The van der Waals surface area contributed by atoms with Crippen molar-refractivity contribution in [3.8, 4) is 0 Å². The lowest BCUT2D eigenvalue weighted by Gasteiger charge is -2.37. The van der Waals surface area contributed by atoms with E-state index < -0.39 is 0 Å². The fourth-order valence-electron chi connectivity index (χ4n) is 5.11. The van der Waals surface area contributed by atoms with E-state index in [1.165, 1.54) is 16.0 Å². The summed E-state index contributed by atoms with van der Waals surface area (Å²) in [5.74, 6) is -0.615. The zero-order valence-electron chi connectivity index (χ0n) is 14.1. The minimum absolute atomic E-state index is 0.00144. The van der Waals surface area contributed by atoms with Crippen LogP contribution < -0.4 is 0 Å². The number of imide groups is 1. The van der Waals surface area contributed by atoms with Crippen molar-refractivity contribution < 1.29 is 9.59 Å².